The van der Waals surface area contributed by atoms with Gasteiger partial charge in [-0.15, -0.1) is 0 Å². The van der Waals surface area contributed by atoms with Gasteiger partial charge in [0.25, 0.3) is 5.91 Å². The smallest absolute Gasteiger partial charge is 0.271 e. The number of aromatic nitrogens is 1. The summed E-state index contributed by atoms with van der Waals surface area (Å²) in [5.41, 5.74) is 2.05. The summed E-state index contributed by atoms with van der Waals surface area (Å²) in [5.74, 6) is -0.178. The molecule has 0 saturated carbocycles. The van der Waals surface area contributed by atoms with Gasteiger partial charge in [0.1, 0.15) is 11.2 Å². The van der Waals surface area contributed by atoms with Crippen LogP contribution in [0, 0.1) is 6.92 Å². The third-order valence-corrected chi connectivity index (χ3v) is 5.02. The molecule has 1 atom stereocenters. The van der Waals surface area contributed by atoms with Gasteiger partial charge < -0.3 is 14.8 Å². The summed E-state index contributed by atoms with van der Waals surface area (Å²) < 4.78 is 1.92. The largest absolute Gasteiger partial charge is 0.357 e. The number of amides is 2. The molecule has 0 bridgehead atoms. The fourth-order valence-electron chi connectivity index (χ4n) is 3.61. The van der Waals surface area contributed by atoms with Gasteiger partial charge in [0.05, 0.1) is 0 Å². The van der Waals surface area contributed by atoms with E-state index < -0.39 is 5.54 Å². The molecule has 1 N–H and O–H groups in total. The zero-order valence-electron chi connectivity index (χ0n) is 14.1. The first kappa shape index (κ1) is 15.6. The van der Waals surface area contributed by atoms with Gasteiger partial charge in [0.15, 0.2) is 0 Å². The van der Waals surface area contributed by atoms with Gasteiger partial charge in [-0.05, 0) is 44.9 Å². The van der Waals surface area contributed by atoms with Crippen molar-refractivity contribution in [3.8, 4) is 0 Å². The number of carbonyl (C=O) groups excluding carboxylic acids is 2. The van der Waals surface area contributed by atoms with Crippen LogP contribution in [0.15, 0.2) is 24.3 Å². The number of carbonyl (C=O) groups is 2. The van der Waals surface area contributed by atoms with Crippen molar-refractivity contribution in [2.24, 2.45) is 7.05 Å². The van der Waals surface area contributed by atoms with Crippen molar-refractivity contribution < 1.29 is 9.59 Å². The fourth-order valence-corrected chi connectivity index (χ4v) is 3.61. The topological polar surface area (TPSA) is 54.3 Å². The van der Waals surface area contributed by atoms with Crippen LogP contribution in [-0.2, 0) is 11.8 Å². The third kappa shape index (κ3) is 2.31. The lowest BCUT2D eigenvalue weighted by Gasteiger charge is -2.33. The predicted octanol–water partition coefficient (Wildman–Crippen LogP) is 2.23. The number of benzene rings is 1. The lowest BCUT2D eigenvalue weighted by atomic mass is 9.97. The van der Waals surface area contributed by atoms with Gasteiger partial charge in [0, 0.05) is 31.5 Å². The van der Waals surface area contributed by atoms with E-state index in [0.29, 0.717) is 18.7 Å². The Morgan fingerprint density at radius 1 is 1.26 bits per heavy atom. The maximum atomic E-state index is 13.1. The summed E-state index contributed by atoms with van der Waals surface area (Å²) >= 11 is 0. The average Bonchev–Trinajstić information content (AvgIpc) is 3.07. The molecule has 2 heterocycles. The Balaban J connectivity index is 2.03. The number of likely N-dealkylation sites (N-methyl/N-ethyl adjacent to an activating group) is 1. The average molecular weight is 313 g/mol. The van der Waals surface area contributed by atoms with Gasteiger partial charge >= 0.3 is 0 Å². The molecule has 1 saturated heterocycles. The van der Waals surface area contributed by atoms with Gasteiger partial charge in [0.2, 0.25) is 5.91 Å². The second kappa shape index (κ2) is 5.41. The van der Waals surface area contributed by atoms with E-state index in [1.807, 2.05) is 43.7 Å². The van der Waals surface area contributed by atoms with E-state index in [4.69, 9.17) is 0 Å². The first-order valence-corrected chi connectivity index (χ1v) is 7.99. The molecule has 1 aliphatic heterocycles. The van der Waals surface area contributed by atoms with Crippen molar-refractivity contribution in [2.75, 3.05) is 13.6 Å². The molecule has 0 aliphatic carbocycles. The lowest BCUT2D eigenvalue weighted by molar-refractivity contribution is -0.129. The minimum atomic E-state index is -0.766. The number of aryl methyl sites for hydroxylation is 2. The van der Waals surface area contributed by atoms with Gasteiger partial charge in [-0.3, -0.25) is 9.59 Å². The fraction of sp³-hybridized carbons (Fsp3) is 0.444. The normalized spacial score (nSPS) is 21.0. The Labute approximate surface area is 136 Å². The Morgan fingerprint density at radius 2 is 2.00 bits per heavy atom. The number of nitrogens with zero attached hydrogens (tertiary/aromatic N) is 2. The van der Waals surface area contributed by atoms with Crippen molar-refractivity contribution in [1.82, 2.24) is 14.8 Å². The second-order valence-corrected chi connectivity index (χ2v) is 6.56. The van der Waals surface area contributed by atoms with Crippen LogP contribution in [0.25, 0.3) is 10.9 Å². The van der Waals surface area contributed by atoms with E-state index in [2.05, 4.69) is 11.4 Å². The molecule has 23 heavy (non-hydrogen) atoms. The molecular formula is C18H23N3O2. The van der Waals surface area contributed by atoms with Crippen LogP contribution in [0.2, 0.25) is 0 Å². The van der Waals surface area contributed by atoms with Crippen LogP contribution in [0.5, 0.6) is 0 Å². The molecule has 2 aromatic rings. The van der Waals surface area contributed by atoms with E-state index >= 15 is 0 Å². The molecule has 122 valence electrons. The van der Waals surface area contributed by atoms with Gasteiger partial charge in [-0.1, -0.05) is 11.6 Å². The standard InChI is InChI=1S/C18H23N3O2/c1-12-6-7-14-13(10-12)11-15(20(14)4)16(22)21-9-5-8-18(21,2)17(23)19-3/h6-7,10-11H,5,8-9H2,1-4H3,(H,19,23). The first-order valence-electron chi connectivity index (χ1n) is 7.99. The minimum absolute atomic E-state index is 0.0787. The predicted molar refractivity (Wildman–Crippen MR) is 90.4 cm³/mol. The van der Waals surface area contributed by atoms with E-state index in [1.54, 1.807) is 11.9 Å². The van der Waals surface area contributed by atoms with E-state index in [1.165, 1.54) is 5.56 Å². The monoisotopic (exact) mass is 313 g/mol. The van der Waals surface area contributed by atoms with Crippen LogP contribution in [0.1, 0.15) is 35.8 Å². The highest BCUT2D eigenvalue weighted by molar-refractivity contribution is 6.02. The van der Waals surface area contributed by atoms with E-state index in [-0.39, 0.29) is 11.8 Å². The highest BCUT2D eigenvalue weighted by Crippen LogP contribution is 2.32. The molecule has 5 nitrogen and oxygen atoms in total. The van der Waals surface area contributed by atoms with Crippen LogP contribution >= 0.6 is 0 Å². The number of fused-ring (bicyclic) bond motifs is 1. The number of nitrogens with one attached hydrogen (secondary N) is 1. The maximum absolute atomic E-state index is 13.1. The molecular weight excluding hydrogens is 290 g/mol. The molecule has 1 unspecified atom stereocenters. The highest BCUT2D eigenvalue weighted by atomic mass is 16.2. The number of hydrogen-bond acceptors (Lipinski definition) is 2. The second-order valence-electron chi connectivity index (χ2n) is 6.56. The summed E-state index contributed by atoms with van der Waals surface area (Å²) in [6.45, 7) is 4.50. The van der Waals surface area contributed by atoms with Crippen molar-refractivity contribution in [3.05, 3.63) is 35.5 Å². The molecule has 1 fully saturated rings. The lowest BCUT2D eigenvalue weighted by Crippen LogP contribution is -2.54. The molecule has 0 radical (unpaired) electrons. The summed E-state index contributed by atoms with van der Waals surface area (Å²) in [5, 5.41) is 3.75. The van der Waals surface area contributed by atoms with Crippen LogP contribution in [0.4, 0.5) is 0 Å². The Bertz CT molecular complexity index is 793. The zero-order chi connectivity index (χ0) is 16.8. The van der Waals surface area contributed by atoms with Crippen molar-refractivity contribution >= 4 is 22.7 Å². The first-order chi connectivity index (χ1) is 10.9. The zero-order valence-corrected chi connectivity index (χ0v) is 14.1. The van der Waals surface area contributed by atoms with Crippen molar-refractivity contribution in [3.63, 3.8) is 0 Å². The quantitative estimate of drug-likeness (QED) is 0.924. The Kier molecular flexibility index (Phi) is 3.66. The van der Waals surface area contributed by atoms with E-state index in [9.17, 15) is 9.59 Å². The van der Waals surface area contributed by atoms with Gasteiger partial charge in [-0.2, -0.15) is 0 Å². The third-order valence-electron chi connectivity index (χ3n) is 5.02. The van der Waals surface area contributed by atoms with Crippen LogP contribution in [0.3, 0.4) is 0 Å². The molecule has 1 aromatic carbocycles. The molecule has 5 heteroatoms. The molecule has 0 spiro atoms. The number of likely N-dealkylation sites (tertiary alicyclic amines) is 1. The van der Waals surface area contributed by atoms with Gasteiger partial charge in [-0.25, -0.2) is 0 Å². The van der Waals surface area contributed by atoms with Crippen LogP contribution < -0.4 is 5.32 Å². The minimum Gasteiger partial charge on any atom is -0.357 e. The molecule has 1 aromatic heterocycles. The molecule has 1 aliphatic rings. The summed E-state index contributed by atoms with van der Waals surface area (Å²) in [6, 6.07) is 8.08. The van der Waals surface area contributed by atoms with Crippen LogP contribution in [-0.4, -0.2) is 40.4 Å². The highest BCUT2D eigenvalue weighted by Gasteiger charge is 2.45. The Morgan fingerprint density at radius 3 is 2.70 bits per heavy atom. The van der Waals surface area contributed by atoms with Crippen molar-refractivity contribution in [1.29, 1.82) is 0 Å². The number of hydrogen-bond donors (Lipinski definition) is 1. The number of rotatable bonds is 2. The van der Waals surface area contributed by atoms with Crippen molar-refractivity contribution in [2.45, 2.75) is 32.2 Å². The van der Waals surface area contributed by atoms with E-state index in [0.717, 1.165) is 17.3 Å². The SMILES string of the molecule is CNC(=O)C1(C)CCCN1C(=O)c1cc2cc(C)ccc2n1C. The molecule has 3 rings (SSSR count). The summed E-state index contributed by atoms with van der Waals surface area (Å²) in [4.78, 5) is 27.1. The molecule has 2 amide bonds. The summed E-state index contributed by atoms with van der Waals surface area (Å²) in [7, 11) is 3.52. The summed E-state index contributed by atoms with van der Waals surface area (Å²) in [6.07, 6.45) is 1.54. The Hall–Kier alpha value is -2.30. The maximum Gasteiger partial charge on any atom is 0.271 e.